The van der Waals surface area contributed by atoms with Crippen LogP contribution in [0.2, 0.25) is 0 Å². The summed E-state index contributed by atoms with van der Waals surface area (Å²) in [4.78, 5) is 12.9. The van der Waals surface area contributed by atoms with Crippen LogP contribution >= 0.6 is 0 Å². The molecule has 7 N–H and O–H groups in total. The quantitative estimate of drug-likeness (QED) is 0.303. The molecule has 4 rings (SSSR count). The average Bonchev–Trinajstić information content (AvgIpc) is 2.77. The van der Waals surface area contributed by atoms with Crippen molar-refractivity contribution < 1.29 is 54.8 Å². The number of fused-ring (bicyclic) bond motifs is 1. The van der Waals surface area contributed by atoms with Crippen LogP contribution < -0.4 is 9.47 Å². The lowest BCUT2D eigenvalue weighted by Crippen LogP contribution is -2.60. The van der Waals surface area contributed by atoms with Crippen LogP contribution in [-0.4, -0.2) is 78.8 Å². The van der Waals surface area contributed by atoms with Crippen molar-refractivity contribution in [3.05, 3.63) is 41.5 Å². The Morgan fingerprint density at radius 1 is 1.00 bits per heavy atom. The van der Waals surface area contributed by atoms with Crippen molar-refractivity contribution in [2.45, 2.75) is 43.2 Å². The SMILES string of the molecule is O=C1C[C@@H](c2ccc(O)cc2)Oc2c(O)c(O)cc(O[C@H]3O[C@H](CO)[C@@H](O)[C@H](O)[C@H]3O)c21. The molecular weight excluding hydrogens is 428 g/mol. The molecule has 0 unspecified atom stereocenters. The molecule has 0 radical (unpaired) electrons. The minimum Gasteiger partial charge on any atom is -0.508 e. The van der Waals surface area contributed by atoms with Gasteiger partial charge in [0.25, 0.3) is 0 Å². The summed E-state index contributed by atoms with van der Waals surface area (Å²) >= 11 is 0. The second-order valence-electron chi connectivity index (χ2n) is 7.59. The van der Waals surface area contributed by atoms with Gasteiger partial charge < -0.3 is 50.0 Å². The number of rotatable bonds is 4. The summed E-state index contributed by atoms with van der Waals surface area (Å²) in [7, 11) is 0. The lowest BCUT2D eigenvalue weighted by Gasteiger charge is -2.40. The summed E-state index contributed by atoms with van der Waals surface area (Å²) in [5.74, 6) is -2.51. The predicted molar refractivity (Wildman–Crippen MR) is 105 cm³/mol. The Bertz CT molecular complexity index is 1000. The molecule has 2 aliphatic heterocycles. The van der Waals surface area contributed by atoms with Crippen LogP contribution in [0, 0.1) is 0 Å². The van der Waals surface area contributed by atoms with Gasteiger partial charge in [-0.1, -0.05) is 12.1 Å². The van der Waals surface area contributed by atoms with Crippen LogP contribution in [0.15, 0.2) is 30.3 Å². The number of hydrogen-bond acceptors (Lipinski definition) is 11. The fraction of sp³-hybridized carbons (Fsp3) is 0.381. The highest BCUT2D eigenvalue weighted by Crippen LogP contribution is 2.49. The molecule has 11 nitrogen and oxygen atoms in total. The molecule has 11 heteroatoms. The van der Waals surface area contributed by atoms with Crippen molar-refractivity contribution in [1.29, 1.82) is 0 Å². The third-order valence-electron chi connectivity index (χ3n) is 5.47. The second kappa shape index (κ2) is 8.45. The molecule has 32 heavy (non-hydrogen) atoms. The molecule has 0 saturated carbocycles. The lowest BCUT2D eigenvalue weighted by atomic mass is 9.94. The molecule has 0 spiro atoms. The van der Waals surface area contributed by atoms with Gasteiger partial charge in [0.15, 0.2) is 17.3 Å². The average molecular weight is 450 g/mol. The Kier molecular flexibility index (Phi) is 5.84. The van der Waals surface area contributed by atoms with E-state index in [4.69, 9.17) is 14.2 Å². The Hall–Kier alpha value is -3.09. The summed E-state index contributed by atoms with van der Waals surface area (Å²) in [6, 6.07) is 6.84. The van der Waals surface area contributed by atoms with Gasteiger partial charge in [-0.15, -0.1) is 0 Å². The van der Waals surface area contributed by atoms with Crippen molar-refractivity contribution in [3.63, 3.8) is 0 Å². The molecule has 1 fully saturated rings. The predicted octanol–water partition coefficient (Wildman–Crippen LogP) is -0.311. The molecular formula is C21H22O11. The van der Waals surface area contributed by atoms with E-state index in [1.165, 1.54) is 12.1 Å². The molecule has 2 aliphatic rings. The number of phenols is 3. The van der Waals surface area contributed by atoms with Gasteiger partial charge in [-0.3, -0.25) is 4.79 Å². The number of hydrogen-bond donors (Lipinski definition) is 7. The first kappa shape index (κ1) is 22.1. The topological polar surface area (TPSA) is 186 Å². The molecule has 0 amide bonds. The highest BCUT2D eigenvalue weighted by Gasteiger charge is 2.45. The zero-order valence-electron chi connectivity index (χ0n) is 16.5. The number of carbonyl (C=O) groups excluding carboxylic acids is 1. The summed E-state index contributed by atoms with van der Waals surface area (Å²) in [6.45, 7) is -0.680. The number of carbonyl (C=O) groups is 1. The molecule has 2 heterocycles. The second-order valence-corrected chi connectivity index (χ2v) is 7.59. The van der Waals surface area contributed by atoms with Crippen LogP contribution in [-0.2, 0) is 4.74 Å². The maximum absolute atomic E-state index is 12.9. The van der Waals surface area contributed by atoms with Crippen LogP contribution in [0.4, 0.5) is 0 Å². The van der Waals surface area contributed by atoms with E-state index in [0.717, 1.165) is 6.07 Å². The third kappa shape index (κ3) is 3.80. The number of Topliss-reactive ketones (excluding diaryl/α,β-unsaturated/α-hetero) is 1. The van der Waals surface area contributed by atoms with Gasteiger partial charge in [0.05, 0.1) is 13.0 Å². The lowest BCUT2D eigenvalue weighted by molar-refractivity contribution is -0.277. The fourth-order valence-corrected chi connectivity index (χ4v) is 3.70. The Balaban J connectivity index is 1.67. The van der Waals surface area contributed by atoms with E-state index in [-0.39, 0.29) is 29.2 Å². The zero-order valence-corrected chi connectivity index (χ0v) is 16.5. The summed E-state index contributed by atoms with van der Waals surface area (Å²) in [5.41, 5.74) is 0.327. The minimum absolute atomic E-state index is 0.0204. The van der Waals surface area contributed by atoms with Crippen molar-refractivity contribution in [2.24, 2.45) is 0 Å². The molecule has 172 valence electrons. The minimum atomic E-state index is -1.75. The van der Waals surface area contributed by atoms with Gasteiger partial charge in [0, 0.05) is 6.07 Å². The van der Waals surface area contributed by atoms with Crippen LogP contribution in [0.1, 0.15) is 28.4 Å². The number of ketones is 1. The Labute approximate surface area is 181 Å². The van der Waals surface area contributed by atoms with Crippen molar-refractivity contribution >= 4 is 5.78 Å². The Morgan fingerprint density at radius 2 is 1.69 bits per heavy atom. The first-order chi connectivity index (χ1) is 15.2. The summed E-state index contributed by atoms with van der Waals surface area (Å²) in [6.07, 6.45) is -8.89. The first-order valence-corrected chi connectivity index (χ1v) is 9.76. The van der Waals surface area contributed by atoms with Crippen LogP contribution in [0.25, 0.3) is 0 Å². The van der Waals surface area contributed by atoms with Gasteiger partial charge in [0.2, 0.25) is 12.0 Å². The highest BCUT2D eigenvalue weighted by atomic mass is 16.7. The first-order valence-electron chi connectivity index (χ1n) is 9.76. The normalized spacial score (nSPS) is 29.8. The van der Waals surface area contributed by atoms with E-state index in [9.17, 15) is 40.5 Å². The highest BCUT2D eigenvalue weighted by molar-refractivity contribution is 6.04. The molecule has 1 saturated heterocycles. The number of ether oxygens (including phenoxy) is 3. The van der Waals surface area contributed by atoms with E-state index < -0.39 is 60.7 Å². The monoisotopic (exact) mass is 450 g/mol. The van der Waals surface area contributed by atoms with Crippen molar-refractivity contribution in [1.82, 2.24) is 0 Å². The number of benzene rings is 2. The van der Waals surface area contributed by atoms with Gasteiger partial charge in [0.1, 0.15) is 47.6 Å². The molecule has 0 aliphatic carbocycles. The standard InChI is InChI=1S/C21H22O11/c22-7-14-17(27)18(28)19(29)21(32-14)31-13-6-11(25)16(26)20-15(13)10(24)5-12(30-20)8-1-3-9(23)4-2-8/h1-4,6,12,14,17-19,21-23,25-29H,5,7H2/t12-,14+,17+,18-,19+,21-/m0/s1. The zero-order chi connectivity index (χ0) is 23.2. The van der Waals surface area contributed by atoms with E-state index >= 15 is 0 Å². The van der Waals surface area contributed by atoms with E-state index in [1.807, 2.05) is 0 Å². The largest absolute Gasteiger partial charge is 0.508 e. The maximum Gasteiger partial charge on any atom is 0.229 e. The smallest absolute Gasteiger partial charge is 0.229 e. The maximum atomic E-state index is 12.9. The number of phenolic OH excluding ortho intramolecular Hbond substituents is 3. The fourth-order valence-electron chi connectivity index (χ4n) is 3.70. The van der Waals surface area contributed by atoms with Crippen LogP contribution in [0.3, 0.4) is 0 Å². The van der Waals surface area contributed by atoms with E-state index in [0.29, 0.717) is 5.56 Å². The number of aliphatic hydroxyl groups excluding tert-OH is 4. The van der Waals surface area contributed by atoms with Crippen molar-refractivity contribution in [2.75, 3.05) is 6.61 Å². The van der Waals surface area contributed by atoms with Gasteiger partial charge in [-0.25, -0.2) is 0 Å². The molecule has 2 aromatic rings. The van der Waals surface area contributed by atoms with Gasteiger partial charge in [-0.05, 0) is 17.7 Å². The van der Waals surface area contributed by atoms with Gasteiger partial charge in [-0.2, -0.15) is 0 Å². The number of aromatic hydroxyl groups is 3. The summed E-state index contributed by atoms with van der Waals surface area (Å²) < 4.78 is 16.6. The molecule has 6 atom stereocenters. The third-order valence-corrected chi connectivity index (χ3v) is 5.47. The summed E-state index contributed by atoms with van der Waals surface area (Å²) in [5, 5.41) is 69.3. The van der Waals surface area contributed by atoms with Crippen molar-refractivity contribution in [3.8, 4) is 28.7 Å². The van der Waals surface area contributed by atoms with Crippen LogP contribution in [0.5, 0.6) is 28.7 Å². The van der Waals surface area contributed by atoms with Gasteiger partial charge >= 0.3 is 0 Å². The molecule has 0 bridgehead atoms. The molecule has 0 aromatic heterocycles. The van der Waals surface area contributed by atoms with E-state index in [2.05, 4.69) is 0 Å². The number of aliphatic hydroxyl groups is 4. The Morgan fingerprint density at radius 3 is 2.34 bits per heavy atom. The molecule has 2 aromatic carbocycles. The van der Waals surface area contributed by atoms with E-state index in [1.54, 1.807) is 12.1 Å².